The molecule has 2 aromatic rings. The van der Waals surface area contributed by atoms with Gasteiger partial charge >= 0.3 is 0 Å². The van der Waals surface area contributed by atoms with E-state index in [1.807, 2.05) is 21.0 Å². The Kier molecular flexibility index (Phi) is 4.66. The van der Waals surface area contributed by atoms with E-state index >= 15 is 0 Å². The highest BCUT2D eigenvalue weighted by atomic mass is 35.5. The van der Waals surface area contributed by atoms with Crippen LogP contribution in [0.1, 0.15) is 19.6 Å². The number of aliphatic imine (C=N–C) groups is 1. The molecule has 4 atom stereocenters. The van der Waals surface area contributed by atoms with Crippen molar-refractivity contribution in [3.8, 4) is 0 Å². The number of hydrogen-bond acceptors (Lipinski definition) is 6. The molecule has 1 aliphatic rings. The molecule has 1 saturated heterocycles. The minimum atomic E-state index is -1.59. The van der Waals surface area contributed by atoms with Crippen LogP contribution in [0.15, 0.2) is 11.3 Å². The van der Waals surface area contributed by atoms with E-state index in [2.05, 4.69) is 19.9 Å². The average molecular weight is 357 g/mol. The van der Waals surface area contributed by atoms with Crippen molar-refractivity contribution < 1.29 is 14.2 Å². The lowest BCUT2D eigenvalue weighted by atomic mass is 10.1. The second kappa shape index (κ2) is 6.58. The molecular weight excluding hydrogens is 339 g/mol. The SMILES string of the molecule is CC[C@H]1O[C@@H](n2cnc3c(/N=C/N(C)C)nc(Cl)nc32)C(F)[C@H]1O. The highest BCUT2D eigenvalue weighted by molar-refractivity contribution is 6.28. The summed E-state index contributed by atoms with van der Waals surface area (Å²) < 4.78 is 21.5. The summed E-state index contributed by atoms with van der Waals surface area (Å²) in [6, 6.07) is 0. The topological polar surface area (TPSA) is 88.7 Å². The molecule has 0 aromatic carbocycles. The minimum absolute atomic E-state index is 0.0313. The van der Waals surface area contributed by atoms with Gasteiger partial charge in [0, 0.05) is 14.1 Å². The van der Waals surface area contributed by atoms with Gasteiger partial charge < -0.3 is 14.7 Å². The summed E-state index contributed by atoms with van der Waals surface area (Å²) in [6.45, 7) is 1.82. The number of aliphatic hydroxyl groups is 1. The van der Waals surface area contributed by atoms with E-state index in [1.54, 1.807) is 11.2 Å². The number of fused-ring (bicyclic) bond motifs is 1. The molecule has 0 spiro atoms. The smallest absolute Gasteiger partial charge is 0.226 e. The summed E-state index contributed by atoms with van der Waals surface area (Å²) in [4.78, 5) is 18.3. The van der Waals surface area contributed by atoms with Crippen molar-refractivity contribution in [2.24, 2.45) is 4.99 Å². The predicted octanol–water partition coefficient (Wildman–Crippen LogP) is 1.71. The zero-order valence-corrected chi connectivity index (χ0v) is 14.2. The van der Waals surface area contributed by atoms with Crippen LogP contribution in [0.5, 0.6) is 0 Å². The molecule has 1 unspecified atom stereocenters. The first kappa shape index (κ1) is 17.0. The molecule has 0 radical (unpaired) electrons. The molecule has 0 amide bonds. The van der Waals surface area contributed by atoms with Crippen LogP contribution in [-0.4, -0.2) is 68.3 Å². The van der Waals surface area contributed by atoms with Crippen molar-refractivity contribution >= 4 is 34.9 Å². The summed E-state index contributed by atoms with van der Waals surface area (Å²) in [7, 11) is 3.63. The maximum atomic E-state index is 14.4. The van der Waals surface area contributed by atoms with E-state index in [-0.39, 0.29) is 11.1 Å². The van der Waals surface area contributed by atoms with Crippen molar-refractivity contribution in [3.05, 3.63) is 11.6 Å². The Balaban J connectivity index is 2.05. The van der Waals surface area contributed by atoms with Crippen LogP contribution in [-0.2, 0) is 4.74 Å². The number of alkyl halides is 1. The molecule has 0 bridgehead atoms. The Bertz CT molecular complexity index is 767. The Morgan fingerprint density at radius 2 is 2.25 bits per heavy atom. The first-order valence-electron chi connectivity index (χ1n) is 7.50. The number of hydrogen-bond donors (Lipinski definition) is 1. The monoisotopic (exact) mass is 356 g/mol. The van der Waals surface area contributed by atoms with Gasteiger partial charge in [0.05, 0.1) is 18.8 Å². The molecule has 24 heavy (non-hydrogen) atoms. The van der Waals surface area contributed by atoms with Crippen LogP contribution in [0.2, 0.25) is 5.28 Å². The van der Waals surface area contributed by atoms with Gasteiger partial charge in [0.25, 0.3) is 0 Å². The Morgan fingerprint density at radius 3 is 2.88 bits per heavy atom. The maximum absolute atomic E-state index is 14.4. The van der Waals surface area contributed by atoms with Crippen LogP contribution in [0, 0.1) is 0 Å². The third kappa shape index (κ3) is 2.94. The molecule has 8 nitrogen and oxygen atoms in total. The first-order valence-corrected chi connectivity index (χ1v) is 7.88. The van der Waals surface area contributed by atoms with Gasteiger partial charge in [0.1, 0.15) is 6.10 Å². The lowest BCUT2D eigenvalue weighted by Gasteiger charge is -2.15. The van der Waals surface area contributed by atoms with E-state index in [1.165, 1.54) is 10.9 Å². The van der Waals surface area contributed by atoms with Gasteiger partial charge in [-0.05, 0) is 18.0 Å². The molecule has 1 aliphatic heterocycles. The predicted molar refractivity (Wildman–Crippen MR) is 87.3 cm³/mol. The van der Waals surface area contributed by atoms with Gasteiger partial charge in [0.15, 0.2) is 29.4 Å². The minimum Gasteiger partial charge on any atom is -0.387 e. The molecule has 130 valence electrons. The summed E-state index contributed by atoms with van der Waals surface area (Å²) in [5, 5.41) is 9.90. The molecule has 2 aromatic heterocycles. The molecule has 10 heteroatoms. The fourth-order valence-electron chi connectivity index (χ4n) is 2.59. The number of ether oxygens (including phenoxy) is 1. The van der Waals surface area contributed by atoms with Crippen molar-refractivity contribution in [1.82, 2.24) is 24.4 Å². The van der Waals surface area contributed by atoms with E-state index in [0.29, 0.717) is 17.6 Å². The van der Waals surface area contributed by atoms with Gasteiger partial charge in [0.2, 0.25) is 5.28 Å². The zero-order valence-electron chi connectivity index (χ0n) is 13.5. The van der Waals surface area contributed by atoms with Crippen LogP contribution < -0.4 is 0 Å². The first-order chi connectivity index (χ1) is 11.4. The molecule has 1 fully saturated rings. The number of halogens is 2. The third-order valence-corrected chi connectivity index (χ3v) is 3.93. The van der Waals surface area contributed by atoms with Crippen molar-refractivity contribution in [2.45, 2.75) is 38.0 Å². The fourth-order valence-corrected chi connectivity index (χ4v) is 2.75. The summed E-state index contributed by atoms with van der Waals surface area (Å²) in [6.07, 6.45) is -0.933. The highest BCUT2D eigenvalue weighted by Crippen LogP contribution is 2.35. The maximum Gasteiger partial charge on any atom is 0.226 e. The van der Waals surface area contributed by atoms with Crippen molar-refractivity contribution in [3.63, 3.8) is 0 Å². The number of nitrogens with zero attached hydrogens (tertiary/aromatic N) is 6. The van der Waals surface area contributed by atoms with Crippen LogP contribution in [0.4, 0.5) is 10.2 Å². The third-order valence-electron chi connectivity index (χ3n) is 3.76. The van der Waals surface area contributed by atoms with Crippen LogP contribution in [0.25, 0.3) is 11.2 Å². The van der Waals surface area contributed by atoms with E-state index in [4.69, 9.17) is 16.3 Å². The Hall–Kier alpha value is -1.84. The lowest BCUT2D eigenvalue weighted by Crippen LogP contribution is -2.27. The van der Waals surface area contributed by atoms with E-state index in [9.17, 15) is 9.50 Å². The van der Waals surface area contributed by atoms with E-state index < -0.39 is 24.6 Å². The Morgan fingerprint density at radius 1 is 1.50 bits per heavy atom. The van der Waals surface area contributed by atoms with Crippen LogP contribution in [0.3, 0.4) is 0 Å². The molecule has 3 rings (SSSR count). The number of rotatable bonds is 4. The average Bonchev–Trinajstić information content (AvgIpc) is 3.07. The quantitative estimate of drug-likeness (QED) is 0.509. The summed E-state index contributed by atoms with van der Waals surface area (Å²) >= 11 is 5.96. The molecule has 1 N–H and O–H groups in total. The highest BCUT2D eigenvalue weighted by Gasteiger charge is 2.44. The molecule has 0 aliphatic carbocycles. The standard InChI is InChI=1S/C14H18ClFN6O2/c1-4-7-10(23)8(16)13(24-7)22-6-17-9-11(18-5-21(2)3)19-14(15)20-12(9)22/h5-8,10,13,23H,4H2,1-3H3/b18-5+/t7-,8?,10+,13-/m1/s1. The van der Waals surface area contributed by atoms with Gasteiger partial charge in [-0.2, -0.15) is 9.97 Å². The number of imidazole rings is 1. The van der Waals surface area contributed by atoms with Gasteiger partial charge in [-0.25, -0.2) is 14.4 Å². The molecule has 0 saturated carbocycles. The van der Waals surface area contributed by atoms with E-state index in [0.717, 1.165) is 0 Å². The lowest BCUT2D eigenvalue weighted by molar-refractivity contribution is -0.0238. The largest absolute Gasteiger partial charge is 0.387 e. The van der Waals surface area contributed by atoms with Gasteiger partial charge in [-0.3, -0.25) is 4.57 Å². The molecular formula is C14H18ClFN6O2. The number of aromatic nitrogens is 4. The second-order valence-electron chi connectivity index (χ2n) is 5.76. The van der Waals surface area contributed by atoms with Crippen molar-refractivity contribution in [1.29, 1.82) is 0 Å². The zero-order chi connectivity index (χ0) is 17.4. The number of aliphatic hydroxyl groups excluding tert-OH is 1. The van der Waals surface area contributed by atoms with Gasteiger partial charge in [-0.1, -0.05) is 6.92 Å². The summed E-state index contributed by atoms with van der Waals surface area (Å²) in [5.74, 6) is 0.276. The van der Waals surface area contributed by atoms with Crippen molar-refractivity contribution in [2.75, 3.05) is 14.1 Å². The molecule has 3 heterocycles. The Labute approximate surface area is 143 Å². The summed E-state index contributed by atoms with van der Waals surface area (Å²) in [5.41, 5.74) is 0.681. The van der Waals surface area contributed by atoms with Crippen LogP contribution >= 0.6 is 11.6 Å². The fraction of sp³-hybridized carbons (Fsp3) is 0.571. The normalized spacial score (nSPS) is 27.4. The second-order valence-corrected chi connectivity index (χ2v) is 6.09. The van der Waals surface area contributed by atoms with Gasteiger partial charge in [-0.15, -0.1) is 0 Å².